The molecule has 0 aliphatic rings. The van der Waals surface area contributed by atoms with Crippen LogP contribution in [0.5, 0.6) is 11.5 Å². The largest absolute Gasteiger partial charge is 0.453 e. The highest BCUT2D eigenvalue weighted by Gasteiger charge is 2.08. The zero-order valence-corrected chi connectivity index (χ0v) is 11.2. The maximum Gasteiger partial charge on any atom is 0.167 e. The van der Waals surface area contributed by atoms with Crippen molar-refractivity contribution in [2.24, 2.45) is 0 Å². The Balaban J connectivity index is 2.16. The summed E-state index contributed by atoms with van der Waals surface area (Å²) in [7, 11) is 1.85. The Morgan fingerprint density at radius 1 is 1.35 bits per heavy atom. The summed E-state index contributed by atoms with van der Waals surface area (Å²) in [5.41, 5.74) is 1.13. The van der Waals surface area contributed by atoms with E-state index in [2.05, 4.69) is 10.3 Å². The van der Waals surface area contributed by atoms with Crippen molar-refractivity contribution in [1.29, 1.82) is 5.26 Å². The van der Waals surface area contributed by atoms with Crippen LogP contribution in [0.1, 0.15) is 24.2 Å². The number of ether oxygens (including phenoxy) is 1. The van der Waals surface area contributed by atoms with Gasteiger partial charge in [-0.1, -0.05) is 0 Å². The lowest BCUT2D eigenvalue weighted by Gasteiger charge is -2.11. The molecule has 0 bridgehead atoms. The predicted molar refractivity (Wildman–Crippen MR) is 72.9 cm³/mol. The van der Waals surface area contributed by atoms with Gasteiger partial charge in [-0.2, -0.15) is 5.26 Å². The minimum Gasteiger partial charge on any atom is -0.453 e. The summed E-state index contributed by atoms with van der Waals surface area (Å²) in [5.74, 6) is -0.0578. The molecule has 1 atom stereocenters. The first-order valence-electron chi connectivity index (χ1n) is 6.14. The molecule has 2 aromatic rings. The highest BCUT2D eigenvalue weighted by atomic mass is 19.1. The summed E-state index contributed by atoms with van der Waals surface area (Å²) in [6.07, 6.45) is 1.54. The monoisotopic (exact) mass is 271 g/mol. The van der Waals surface area contributed by atoms with Crippen molar-refractivity contribution < 1.29 is 9.13 Å². The van der Waals surface area contributed by atoms with E-state index >= 15 is 0 Å². The van der Waals surface area contributed by atoms with Crippen molar-refractivity contribution in [2.45, 2.75) is 13.0 Å². The summed E-state index contributed by atoms with van der Waals surface area (Å²) in [5, 5.41) is 11.8. The van der Waals surface area contributed by atoms with Gasteiger partial charge in [0.1, 0.15) is 5.75 Å². The summed E-state index contributed by atoms with van der Waals surface area (Å²) in [6.45, 7) is 1.99. The van der Waals surface area contributed by atoms with Crippen LogP contribution in [-0.2, 0) is 0 Å². The SMILES string of the molecule is CNC(C)c1ccc(Oc2ccc(C#N)cc2F)cn1. The van der Waals surface area contributed by atoms with Crippen LogP contribution in [0.2, 0.25) is 0 Å². The molecule has 0 amide bonds. The van der Waals surface area contributed by atoms with E-state index in [1.807, 2.05) is 26.1 Å². The molecule has 0 aliphatic carbocycles. The molecule has 0 aliphatic heterocycles. The van der Waals surface area contributed by atoms with Crippen LogP contribution in [0.25, 0.3) is 0 Å². The highest BCUT2D eigenvalue weighted by molar-refractivity contribution is 5.38. The van der Waals surface area contributed by atoms with Gasteiger partial charge in [0.05, 0.1) is 23.5 Å². The minimum atomic E-state index is -0.572. The van der Waals surface area contributed by atoms with Gasteiger partial charge >= 0.3 is 0 Å². The van der Waals surface area contributed by atoms with Gasteiger partial charge in [-0.25, -0.2) is 4.39 Å². The van der Waals surface area contributed by atoms with Crippen molar-refractivity contribution in [3.8, 4) is 17.6 Å². The van der Waals surface area contributed by atoms with Crippen LogP contribution in [-0.4, -0.2) is 12.0 Å². The Morgan fingerprint density at radius 2 is 2.15 bits per heavy atom. The molecule has 2 rings (SSSR count). The Kier molecular flexibility index (Phi) is 4.28. The molecular weight excluding hydrogens is 257 g/mol. The lowest BCUT2D eigenvalue weighted by molar-refractivity contribution is 0.439. The van der Waals surface area contributed by atoms with Crippen molar-refractivity contribution in [3.05, 3.63) is 53.6 Å². The number of nitrogens with one attached hydrogen (secondary N) is 1. The third-order valence-electron chi connectivity index (χ3n) is 2.92. The number of hydrogen-bond acceptors (Lipinski definition) is 4. The fourth-order valence-electron chi connectivity index (χ4n) is 1.64. The molecule has 102 valence electrons. The van der Waals surface area contributed by atoms with Crippen molar-refractivity contribution in [2.75, 3.05) is 7.05 Å². The van der Waals surface area contributed by atoms with Gasteiger partial charge in [0.2, 0.25) is 0 Å². The molecule has 1 unspecified atom stereocenters. The zero-order chi connectivity index (χ0) is 14.5. The quantitative estimate of drug-likeness (QED) is 0.928. The van der Waals surface area contributed by atoms with Crippen molar-refractivity contribution in [3.63, 3.8) is 0 Å². The Labute approximate surface area is 116 Å². The molecule has 1 aromatic carbocycles. The number of rotatable bonds is 4. The second-order valence-corrected chi connectivity index (χ2v) is 4.29. The van der Waals surface area contributed by atoms with E-state index in [0.717, 1.165) is 11.8 Å². The van der Waals surface area contributed by atoms with E-state index < -0.39 is 5.82 Å². The fraction of sp³-hybridized carbons (Fsp3) is 0.200. The van der Waals surface area contributed by atoms with E-state index in [0.29, 0.717) is 5.75 Å². The third kappa shape index (κ3) is 3.11. The molecule has 0 fully saturated rings. The first-order chi connectivity index (χ1) is 9.63. The number of pyridine rings is 1. The van der Waals surface area contributed by atoms with Gasteiger partial charge in [0, 0.05) is 6.04 Å². The molecule has 20 heavy (non-hydrogen) atoms. The van der Waals surface area contributed by atoms with Crippen LogP contribution in [0.4, 0.5) is 4.39 Å². The number of nitrogens with zero attached hydrogens (tertiary/aromatic N) is 2. The Hall–Kier alpha value is -2.45. The molecule has 0 saturated carbocycles. The normalized spacial score (nSPS) is 11.7. The van der Waals surface area contributed by atoms with Gasteiger partial charge in [-0.3, -0.25) is 4.98 Å². The summed E-state index contributed by atoms with van der Waals surface area (Å²) in [6, 6.07) is 9.62. The lowest BCUT2D eigenvalue weighted by Crippen LogP contribution is -2.13. The molecule has 1 aromatic heterocycles. The molecular formula is C15H14FN3O. The van der Waals surface area contributed by atoms with Gasteiger partial charge in [-0.15, -0.1) is 0 Å². The van der Waals surface area contributed by atoms with Gasteiger partial charge in [-0.05, 0) is 44.3 Å². The number of nitriles is 1. The molecule has 1 heterocycles. The molecule has 0 spiro atoms. The smallest absolute Gasteiger partial charge is 0.167 e. The van der Waals surface area contributed by atoms with E-state index in [1.165, 1.54) is 12.1 Å². The van der Waals surface area contributed by atoms with E-state index in [4.69, 9.17) is 10.00 Å². The molecule has 1 N–H and O–H groups in total. The number of aromatic nitrogens is 1. The van der Waals surface area contributed by atoms with Crippen LogP contribution in [0, 0.1) is 17.1 Å². The van der Waals surface area contributed by atoms with Gasteiger partial charge in [0.25, 0.3) is 0 Å². The number of halogens is 1. The van der Waals surface area contributed by atoms with Crippen LogP contribution in [0.3, 0.4) is 0 Å². The zero-order valence-electron chi connectivity index (χ0n) is 11.2. The number of benzene rings is 1. The highest BCUT2D eigenvalue weighted by Crippen LogP contribution is 2.25. The number of hydrogen-bond donors (Lipinski definition) is 1. The standard InChI is InChI=1S/C15H14FN3O/c1-10(18-2)14-5-4-12(9-19-14)20-15-6-3-11(8-17)7-13(15)16/h3-7,9-10,18H,1-2H3. The average Bonchev–Trinajstić information content (AvgIpc) is 2.49. The molecule has 0 saturated heterocycles. The topological polar surface area (TPSA) is 57.9 Å². The maximum absolute atomic E-state index is 13.7. The van der Waals surface area contributed by atoms with E-state index in [1.54, 1.807) is 12.3 Å². The van der Waals surface area contributed by atoms with Crippen LogP contribution in [0.15, 0.2) is 36.5 Å². The third-order valence-corrected chi connectivity index (χ3v) is 2.92. The summed E-state index contributed by atoms with van der Waals surface area (Å²) in [4.78, 5) is 4.25. The maximum atomic E-state index is 13.7. The summed E-state index contributed by atoms with van der Waals surface area (Å²) < 4.78 is 19.1. The Bertz CT molecular complexity index is 635. The summed E-state index contributed by atoms with van der Waals surface area (Å²) >= 11 is 0. The molecule has 5 heteroatoms. The predicted octanol–water partition coefficient (Wildman–Crippen LogP) is 3.17. The molecule has 0 radical (unpaired) electrons. The van der Waals surface area contributed by atoms with Crippen LogP contribution >= 0.6 is 0 Å². The Morgan fingerprint density at radius 3 is 2.70 bits per heavy atom. The van der Waals surface area contributed by atoms with Gasteiger partial charge < -0.3 is 10.1 Å². The van der Waals surface area contributed by atoms with Gasteiger partial charge in [0.15, 0.2) is 11.6 Å². The van der Waals surface area contributed by atoms with E-state index in [9.17, 15) is 4.39 Å². The van der Waals surface area contributed by atoms with Crippen LogP contribution < -0.4 is 10.1 Å². The minimum absolute atomic E-state index is 0.0696. The van der Waals surface area contributed by atoms with Crippen molar-refractivity contribution >= 4 is 0 Å². The van der Waals surface area contributed by atoms with E-state index in [-0.39, 0.29) is 17.4 Å². The first kappa shape index (κ1) is 14.0. The average molecular weight is 271 g/mol. The molecule has 4 nitrogen and oxygen atoms in total. The second kappa shape index (κ2) is 6.13. The second-order valence-electron chi connectivity index (χ2n) is 4.29. The van der Waals surface area contributed by atoms with Crippen molar-refractivity contribution in [1.82, 2.24) is 10.3 Å². The fourth-order valence-corrected chi connectivity index (χ4v) is 1.64. The lowest BCUT2D eigenvalue weighted by atomic mass is 10.2. The first-order valence-corrected chi connectivity index (χ1v) is 6.14.